The average Bonchev–Trinajstić information content (AvgIpc) is 2.46. The van der Waals surface area contributed by atoms with Gasteiger partial charge in [-0.1, -0.05) is 0 Å². The molecule has 2 rings (SSSR count). The number of pyridine rings is 1. The lowest BCUT2D eigenvalue weighted by molar-refractivity contribution is -0.131. The zero-order valence-corrected chi connectivity index (χ0v) is 10.2. The molecule has 7 nitrogen and oxygen atoms in total. The number of carbonyl (C=O) groups is 2. The summed E-state index contributed by atoms with van der Waals surface area (Å²) in [5, 5.41) is 11.1. The summed E-state index contributed by atoms with van der Waals surface area (Å²) in [4.78, 5) is 33.8. The van der Waals surface area contributed by atoms with Crippen molar-refractivity contribution in [3.8, 4) is 0 Å². The maximum absolute atomic E-state index is 11.8. The molecule has 0 saturated carbocycles. The van der Waals surface area contributed by atoms with Gasteiger partial charge in [0.25, 0.3) is 5.91 Å². The molecule has 7 heteroatoms. The van der Waals surface area contributed by atoms with Gasteiger partial charge in [-0.25, -0.2) is 19.7 Å². The fraction of sp³-hybridized carbons (Fsp3) is 0. The molecular weight excluding hydrogens is 260 g/mol. The first kappa shape index (κ1) is 13.3. The summed E-state index contributed by atoms with van der Waals surface area (Å²) in [6.45, 7) is 0. The molecule has 0 fully saturated rings. The van der Waals surface area contributed by atoms with Crippen LogP contribution in [0.1, 0.15) is 15.9 Å². The average molecular weight is 270 g/mol. The van der Waals surface area contributed by atoms with E-state index in [2.05, 4.69) is 20.3 Å². The summed E-state index contributed by atoms with van der Waals surface area (Å²) in [5.41, 5.74) is 0.919. The van der Waals surface area contributed by atoms with Crippen molar-refractivity contribution in [2.45, 2.75) is 0 Å². The van der Waals surface area contributed by atoms with Gasteiger partial charge in [-0.3, -0.25) is 4.79 Å². The number of anilines is 1. The minimum absolute atomic E-state index is 0.306. The van der Waals surface area contributed by atoms with E-state index >= 15 is 0 Å². The Labute approximate surface area is 114 Å². The predicted octanol–water partition coefficient (Wildman–Crippen LogP) is 1.22. The molecule has 0 aromatic carbocycles. The molecule has 20 heavy (non-hydrogen) atoms. The number of rotatable bonds is 4. The quantitative estimate of drug-likeness (QED) is 0.809. The van der Waals surface area contributed by atoms with Crippen LogP contribution < -0.4 is 5.32 Å². The van der Waals surface area contributed by atoms with Crippen molar-refractivity contribution in [1.29, 1.82) is 0 Å². The highest BCUT2D eigenvalue weighted by Gasteiger charge is 2.07. The summed E-state index contributed by atoms with van der Waals surface area (Å²) in [6, 6.07) is 3.18. The van der Waals surface area contributed by atoms with E-state index in [-0.39, 0.29) is 0 Å². The molecule has 0 aliphatic rings. The molecule has 2 aromatic heterocycles. The van der Waals surface area contributed by atoms with Crippen molar-refractivity contribution >= 4 is 23.8 Å². The Morgan fingerprint density at radius 1 is 1.25 bits per heavy atom. The highest BCUT2D eigenvalue weighted by molar-refractivity contribution is 6.03. The second-order valence-corrected chi connectivity index (χ2v) is 3.73. The van der Waals surface area contributed by atoms with Crippen molar-refractivity contribution in [2.24, 2.45) is 0 Å². The number of aromatic nitrogens is 3. The van der Waals surface area contributed by atoms with Gasteiger partial charge >= 0.3 is 5.97 Å². The van der Waals surface area contributed by atoms with Crippen LogP contribution >= 0.6 is 0 Å². The van der Waals surface area contributed by atoms with E-state index in [1.54, 1.807) is 12.1 Å². The molecule has 2 aromatic rings. The van der Waals surface area contributed by atoms with Gasteiger partial charge in [0.2, 0.25) is 0 Å². The van der Waals surface area contributed by atoms with Gasteiger partial charge in [0, 0.05) is 24.7 Å². The molecule has 0 aliphatic heterocycles. The van der Waals surface area contributed by atoms with Crippen LogP contribution in [0, 0.1) is 0 Å². The van der Waals surface area contributed by atoms with Crippen LogP contribution in [0.2, 0.25) is 0 Å². The molecular formula is C13H10N4O3. The third-order valence-corrected chi connectivity index (χ3v) is 2.27. The Hall–Kier alpha value is -3.09. The number of hydrogen-bond donors (Lipinski definition) is 2. The van der Waals surface area contributed by atoms with Crippen molar-refractivity contribution in [3.05, 3.63) is 54.3 Å². The highest BCUT2D eigenvalue weighted by atomic mass is 16.4. The molecule has 1 amide bonds. The molecule has 0 radical (unpaired) electrons. The van der Waals surface area contributed by atoms with Crippen LogP contribution in [0.15, 0.2) is 43.1 Å². The zero-order chi connectivity index (χ0) is 14.4. The molecule has 0 spiro atoms. The Kier molecular flexibility index (Phi) is 4.13. The predicted molar refractivity (Wildman–Crippen MR) is 70.9 cm³/mol. The summed E-state index contributed by atoms with van der Waals surface area (Å²) >= 11 is 0. The normalized spacial score (nSPS) is 10.4. The molecule has 2 heterocycles. The molecule has 0 saturated heterocycles. The Morgan fingerprint density at radius 3 is 2.70 bits per heavy atom. The minimum Gasteiger partial charge on any atom is -0.478 e. The monoisotopic (exact) mass is 270 g/mol. The van der Waals surface area contributed by atoms with Crippen LogP contribution in [-0.2, 0) is 4.79 Å². The number of hydrogen-bond acceptors (Lipinski definition) is 5. The smallest absolute Gasteiger partial charge is 0.328 e. The van der Waals surface area contributed by atoms with E-state index in [9.17, 15) is 9.59 Å². The number of amides is 1. The molecule has 0 unspecified atom stereocenters. The lowest BCUT2D eigenvalue weighted by Crippen LogP contribution is -2.13. The second-order valence-electron chi connectivity index (χ2n) is 3.73. The van der Waals surface area contributed by atoms with Crippen LogP contribution in [0.5, 0.6) is 0 Å². The lowest BCUT2D eigenvalue weighted by Gasteiger charge is -2.04. The Bertz CT molecular complexity index is 656. The third kappa shape index (κ3) is 3.70. The Morgan fingerprint density at radius 2 is 2.00 bits per heavy atom. The first-order valence-corrected chi connectivity index (χ1v) is 5.58. The second kappa shape index (κ2) is 6.19. The van der Waals surface area contributed by atoms with E-state index in [4.69, 9.17) is 5.11 Å². The number of nitrogens with one attached hydrogen (secondary N) is 1. The van der Waals surface area contributed by atoms with Gasteiger partial charge in [0.15, 0.2) is 0 Å². The number of carboxylic acid groups (broad SMARTS) is 1. The molecule has 100 valence electrons. The Balaban J connectivity index is 2.12. The fourth-order valence-corrected chi connectivity index (χ4v) is 1.39. The first-order chi connectivity index (χ1) is 9.65. The first-order valence-electron chi connectivity index (χ1n) is 5.58. The maximum atomic E-state index is 11.8. The number of carbonyl (C=O) groups excluding carboxylic acids is 1. The third-order valence-electron chi connectivity index (χ3n) is 2.27. The van der Waals surface area contributed by atoms with Crippen molar-refractivity contribution in [1.82, 2.24) is 15.0 Å². The summed E-state index contributed by atoms with van der Waals surface area (Å²) in [6.07, 6.45) is 7.98. The van der Waals surface area contributed by atoms with E-state index in [0.29, 0.717) is 16.9 Å². The standard InChI is InChI=1S/C13H10N4O3/c18-12(19)2-1-9-3-4-16-11(5-9)17-13(20)10-6-14-8-15-7-10/h1-8H,(H,18,19)(H,16,17,20)/b2-1+. The van der Waals surface area contributed by atoms with Crippen molar-refractivity contribution in [3.63, 3.8) is 0 Å². The van der Waals surface area contributed by atoms with Gasteiger partial charge in [-0.15, -0.1) is 0 Å². The minimum atomic E-state index is -1.05. The van der Waals surface area contributed by atoms with E-state index in [1.165, 1.54) is 31.0 Å². The molecule has 2 N–H and O–H groups in total. The summed E-state index contributed by atoms with van der Waals surface area (Å²) in [5.74, 6) is -1.13. The van der Waals surface area contributed by atoms with E-state index in [1.807, 2.05) is 0 Å². The molecule has 0 aliphatic carbocycles. The van der Waals surface area contributed by atoms with Crippen LogP contribution in [0.25, 0.3) is 6.08 Å². The zero-order valence-electron chi connectivity index (χ0n) is 10.2. The SMILES string of the molecule is O=C(O)/C=C/c1ccnc(NC(=O)c2cncnc2)c1. The topological polar surface area (TPSA) is 105 Å². The van der Waals surface area contributed by atoms with Gasteiger partial charge in [-0.2, -0.15) is 0 Å². The van der Waals surface area contributed by atoms with Crippen LogP contribution in [0.4, 0.5) is 5.82 Å². The molecule has 0 atom stereocenters. The highest BCUT2D eigenvalue weighted by Crippen LogP contribution is 2.09. The molecule has 0 bridgehead atoms. The van der Waals surface area contributed by atoms with Crippen molar-refractivity contribution < 1.29 is 14.7 Å². The largest absolute Gasteiger partial charge is 0.478 e. The number of nitrogens with zero attached hydrogens (tertiary/aromatic N) is 3. The van der Waals surface area contributed by atoms with Gasteiger partial charge < -0.3 is 10.4 Å². The lowest BCUT2D eigenvalue weighted by atomic mass is 10.2. The van der Waals surface area contributed by atoms with Gasteiger partial charge in [0.05, 0.1) is 5.56 Å². The number of carboxylic acids is 1. The van der Waals surface area contributed by atoms with Gasteiger partial charge in [0.1, 0.15) is 12.1 Å². The maximum Gasteiger partial charge on any atom is 0.328 e. The van der Waals surface area contributed by atoms with Crippen LogP contribution in [-0.4, -0.2) is 31.9 Å². The van der Waals surface area contributed by atoms with E-state index in [0.717, 1.165) is 6.08 Å². The van der Waals surface area contributed by atoms with Crippen LogP contribution in [0.3, 0.4) is 0 Å². The van der Waals surface area contributed by atoms with Gasteiger partial charge in [-0.05, 0) is 23.8 Å². The fourth-order valence-electron chi connectivity index (χ4n) is 1.39. The number of aliphatic carboxylic acids is 1. The summed E-state index contributed by atoms with van der Waals surface area (Å²) in [7, 11) is 0. The van der Waals surface area contributed by atoms with Crippen molar-refractivity contribution in [2.75, 3.05) is 5.32 Å². The van der Waals surface area contributed by atoms with E-state index < -0.39 is 11.9 Å². The summed E-state index contributed by atoms with van der Waals surface area (Å²) < 4.78 is 0.